The van der Waals surface area contributed by atoms with Crippen molar-refractivity contribution >= 4 is 44.8 Å². The Morgan fingerprint density at radius 2 is 1.86 bits per heavy atom. The summed E-state index contributed by atoms with van der Waals surface area (Å²) in [5.74, 6) is 1.36. The quantitative estimate of drug-likeness (QED) is 0.385. The lowest BCUT2D eigenvalue weighted by Crippen LogP contribution is -2.06. The Labute approximate surface area is 183 Å². The van der Waals surface area contributed by atoms with Crippen LogP contribution in [0, 0.1) is 6.92 Å². The molecule has 3 nitrogen and oxygen atoms in total. The van der Waals surface area contributed by atoms with Gasteiger partial charge in [0, 0.05) is 21.6 Å². The van der Waals surface area contributed by atoms with Crippen molar-refractivity contribution in [3.8, 4) is 11.5 Å². The van der Waals surface area contributed by atoms with E-state index in [1.165, 1.54) is 5.56 Å². The Morgan fingerprint density at radius 3 is 2.61 bits per heavy atom. The highest BCUT2D eigenvalue weighted by Crippen LogP contribution is 2.38. The normalized spacial score (nSPS) is 10.6. The molecule has 0 atom stereocenters. The molecule has 0 saturated heterocycles. The van der Waals surface area contributed by atoms with Gasteiger partial charge in [0.05, 0.1) is 17.8 Å². The van der Waals surface area contributed by atoms with Crippen molar-refractivity contribution in [3.05, 3.63) is 85.8 Å². The number of nitrogens with one attached hydrogen (secondary N) is 1. The summed E-state index contributed by atoms with van der Waals surface area (Å²) in [7, 11) is 1.63. The van der Waals surface area contributed by atoms with Crippen molar-refractivity contribution in [2.24, 2.45) is 0 Å². The van der Waals surface area contributed by atoms with Gasteiger partial charge in [-0.2, -0.15) is 0 Å². The lowest BCUT2D eigenvalue weighted by atomic mass is 10.1. The number of anilines is 1. The Hall–Kier alpha value is -1.88. The van der Waals surface area contributed by atoms with Crippen molar-refractivity contribution in [3.63, 3.8) is 0 Å². The van der Waals surface area contributed by atoms with Crippen LogP contribution >= 0.6 is 39.1 Å². The molecule has 0 unspecified atom stereocenters. The maximum atomic E-state index is 6.27. The lowest BCUT2D eigenvalue weighted by molar-refractivity contribution is 0.281. The molecule has 3 rings (SSSR count). The maximum absolute atomic E-state index is 6.27. The summed E-state index contributed by atoms with van der Waals surface area (Å²) in [4.78, 5) is 0. The molecule has 0 radical (unpaired) electrons. The third kappa shape index (κ3) is 5.13. The summed E-state index contributed by atoms with van der Waals surface area (Å²) >= 11 is 16.0. The highest BCUT2D eigenvalue weighted by atomic mass is 79.9. The summed E-state index contributed by atoms with van der Waals surface area (Å²) in [5, 5.41) is 4.55. The lowest BCUT2D eigenvalue weighted by Gasteiger charge is -2.18. The van der Waals surface area contributed by atoms with Crippen LogP contribution in [0.2, 0.25) is 10.0 Å². The molecule has 0 saturated carbocycles. The molecule has 28 heavy (non-hydrogen) atoms. The minimum atomic E-state index is 0.444. The second-order valence-electron chi connectivity index (χ2n) is 6.31. The van der Waals surface area contributed by atoms with Gasteiger partial charge in [0.1, 0.15) is 6.61 Å². The molecule has 146 valence electrons. The van der Waals surface area contributed by atoms with E-state index in [2.05, 4.69) is 40.3 Å². The standard InChI is InChI=1S/C22H20BrCl2NO2/c1-14-4-3-5-15(10-14)13-28-22-17(18(23)7-9-21(22)27-2)12-26-20-11-16(24)6-8-19(20)25/h3-11,26H,12-13H2,1-2H3. The molecule has 1 N–H and O–H groups in total. The molecule has 0 amide bonds. The first-order valence-electron chi connectivity index (χ1n) is 8.70. The third-order valence-corrected chi connectivity index (χ3v) is 5.54. The molecule has 0 spiro atoms. The smallest absolute Gasteiger partial charge is 0.167 e. The van der Waals surface area contributed by atoms with Crippen LogP contribution in [0.5, 0.6) is 11.5 Å². The minimum absolute atomic E-state index is 0.444. The van der Waals surface area contributed by atoms with E-state index in [1.54, 1.807) is 25.3 Å². The first-order chi connectivity index (χ1) is 13.5. The topological polar surface area (TPSA) is 30.5 Å². The minimum Gasteiger partial charge on any atom is -0.493 e. The van der Waals surface area contributed by atoms with Crippen LogP contribution in [0.25, 0.3) is 0 Å². The van der Waals surface area contributed by atoms with Gasteiger partial charge in [0.25, 0.3) is 0 Å². The van der Waals surface area contributed by atoms with Crippen LogP contribution < -0.4 is 14.8 Å². The van der Waals surface area contributed by atoms with E-state index in [0.717, 1.165) is 21.3 Å². The average molecular weight is 481 g/mol. The zero-order valence-corrected chi connectivity index (χ0v) is 18.7. The zero-order chi connectivity index (χ0) is 20.1. The highest BCUT2D eigenvalue weighted by molar-refractivity contribution is 9.10. The number of hydrogen-bond donors (Lipinski definition) is 1. The van der Waals surface area contributed by atoms with Crippen LogP contribution in [0.3, 0.4) is 0 Å². The van der Waals surface area contributed by atoms with Gasteiger partial charge in [-0.25, -0.2) is 0 Å². The van der Waals surface area contributed by atoms with Crippen molar-refractivity contribution in [1.29, 1.82) is 0 Å². The Morgan fingerprint density at radius 1 is 1.04 bits per heavy atom. The van der Waals surface area contributed by atoms with Gasteiger partial charge in [-0.3, -0.25) is 0 Å². The zero-order valence-electron chi connectivity index (χ0n) is 15.6. The molecule has 0 fully saturated rings. The largest absolute Gasteiger partial charge is 0.493 e. The van der Waals surface area contributed by atoms with Gasteiger partial charge in [-0.1, -0.05) is 69.0 Å². The van der Waals surface area contributed by atoms with Crippen LogP contribution in [0.15, 0.2) is 59.1 Å². The van der Waals surface area contributed by atoms with Crippen LogP contribution in [0.1, 0.15) is 16.7 Å². The molecule has 6 heteroatoms. The van der Waals surface area contributed by atoms with Crippen molar-refractivity contribution in [1.82, 2.24) is 0 Å². The van der Waals surface area contributed by atoms with Crippen molar-refractivity contribution in [2.45, 2.75) is 20.1 Å². The Kier molecular flexibility index (Phi) is 7.11. The summed E-state index contributed by atoms with van der Waals surface area (Å²) < 4.78 is 12.6. The molecule has 0 heterocycles. The predicted molar refractivity (Wildman–Crippen MR) is 120 cm³/mol. The fourth-order valence-corrected chi connectivity index (χ4v) is 3.65. The third-order valence-electron chi connectivity index (χ3n) is 4.24. The molecular weight excluding hydrogens is 461 g/mol. The number of halogens is 3. The molecule has 3 aromatic carbocycles. The van der Waals surface area contributed by atoms with E-state index in [-0.39, 0.29) is 0 Å². The second-order valence-corrected chi connectivity index (χ2v) is 8.01. The molecular formula is C22H20BrCl2NO2. The fraction of sp³-hybridized carbons (Fsp3) is 0.182. The number of ether oxygens (including phenoxy) is 2. The highest BCUT2D eigenvalue weighted by Gasteiger charge is 2.15. The van der Waals surface area contributed by atoms with Gasteiger partial charge in [-0.15, -0.1) is 0 Å². The number of aryl methyl sites for hydroxylation is 1. The van der Waals surface area contributed by atoms with Gasteiger partial charge < -0.3 is 14.8 Å². The van der Waals surface area contributed by atoms with Crippen LogP contribution in [-0.2, 0) is 13.2 Å². The van der Waals surface area contributed by atoms with E-state index < -0.39 is 0 Å². The second kappa shape index (κ2) is 9.55. The van der Waals surface area contributed by atoms with Gasteiger partial charge in [0.15, 0.2) is 11.5 Å². The van der Waals surface area contributed by atoms with E-state index in [1.807, 2.05) is 24.3 Å². The molecule has 0 aromatic heterocycles. The maximum Gasteiger partial charge on any atom is 0.167 e. The number of rotatable bonds is 7. The Bertz CT molecular complexity index is 979. The van der Waals surface area contributed by atoms with Crippen LogP contribution in [0.4, 0.5) is 5.69 Å². The molecule has 0 aliphatic heterocycles. The van der Waals surface area contributed by atoms with E-state index >= 15 is 0 Å². The predicted octanol–water partition coefficient (Wildman–Crippen LogP) is 7.26. The Balaban J connectivity index is 1.86. The fourth-order valence-electron chi connectivity index (χ4n) is 2.84. The van der Waals surface area contributed by atoms with E-state index in [9.17, 15) is 0 Å². The van der Waals surface area contributed by atoms with Crippen molar-refractivity contribution < 1.29 is 9.47 Å². The van der Waals surface area contributed by atoms with Gasteiger partial charge in [0.2, 0.25) is 0 Å². The molecule has 3 aromatic rings. The van der Waals surface area contributed by atoms with Crippen LogP contribution in [-0.4, -0.2) is 7.11 Å². The van der Waals surface area contributed by atoms with Gasteiger partial charge in [-0.05, 0) is 42.8 Å². The summed E-state index contributed by atoms with van der Waals surface area (Å²) in [6.45, 7) is 2.99. The number of benzene rings is 3. The molecule has 0 aliphatic rings. The summed E-state index contributed by atoms with van der Waals surface area (Å²) in [6.07, 6.45) is 0. The number of hydrogen-bond acceptors (Lipinski definition) is 3. The first kappa shape index (κ1) is 20.8. The molecule has 0 aliphatic carbocycles. The summed E-state index contributed by atoms with van der Waals surface area (Å²) in [6, 6.07) is 17.4. The average Bonchev–Trinajstić information content (AvgIpc) is 2.68. The van der Waals surface area contributed by atoms with Gasteiger partial charge >= 0.3 is 0 Å². The molecule has 0 bridgehead atoms. The van der Waals surface area contributed by atoms with E-state index in [0.29, 0.717) is 34.7 Å². The monoisotopic (exact) mass is 479 g/mol. The SMILES string of the molecule is COc1ccc(Br)c(CNc2cc(Cl)ccc2Cl)c1OCc1cccc(C)c1. The first-order valence-corrected chi connectivity index (χ1v) is 10.3. The summed E-state index contributed by atoms with van der Waals surface area (Å²) in [5.41, 5.74) is 3.98. The number of methoxy groups -OCH3 is 1. The van der Waals surface area contributed by atoms with E-state index in [4.69, 9.17) is 32.7 Å². The van der Waals surface area contributed by atoms with Crippen molar-refractivity contribution in [2.75, 3.05) is 12.4 Å².